The largest absolute Gasteiger partial charge is 0.349 e. The van der Waals surface area contributed by atoms with Gasteiger partial charge in [0, 0.05) is 18.2 Å². The van der Waals surface area contributed by atoms with Gasteiger partial charge in [-0.3, -0.25) is 9.36 Å². The quantitative estimate of drug-likeness (QED) is 0.868. The second kappa shape index (κ2) is 5.61. The predicted octanol–water partition coefficient (Wildman–Crippen LogP) is 1.81. The monoisotopic (exact) mass is 237 g/mol. The van der Waals surface area contributed by atoms with Crippen molar-refractivity contribution in [2.75, 3.05) is 5.32 Å². The molecule has 1 heterocycles. The highest BCUT2D eigenvalue weighted by Gasteiger charge is 2.10. The zero-order valence-corrected chi connectivity index (χ0v) is 10.7. The van der Waals surface area contributed by atoms with Gasteiger partial charge in [0.2, 0.25) is 5.91 Å². The number of hydrogen-bond donors (Lipinski definition) is 1. The van der Waals surface area contributed by atoms with Gasteiger partial charge in [0.25, 0.3) is 0 Å². The summed E-state index contributed by atoms with van der Waals surface area (Å²) in [5, 5.41) is 2.60. The van der Waals surface area contributed by atoms with E-state index >= 15 is 0 Å². The molecule has 5 heteroatoms. The van der Waals surface area contributed by atoms with E-state index in [9.17, 15) is 9.59 Å². The van der Waals surface area contributed by atoms with E-state index < -0.39 is 0 Å². The van der Waals surface area contributed by atoms with Crippen molar-refractivity contribution in [1.29, 1.82) is 0 Å². The molecule has 0 aromatic carbocycles. The molecule has 0 saturated heterocycles. The second-order valence-electron chi connectivity index (χ2n) is 4.40. The average Bonchev–Trinajstić information content (AvgIpc) is 2.28. The van der Waals surface area contributed by atoms with Crippen LogP contribution in [0.15, 0.2) is 17.1 Å². The Morgan fingerprint density at radius 2 is 2.12 bits per heavy atom. The number of hydrogen-bond acceptors (Lipinski definition) is 3. The fraction of sp³-hybridized carbons (Fsp3) is 0.583. The molecule has 17 heavy (non-hydrogen) atoms. The molecule has 0 fully saturated rings. The number of nitrogens with one attached hydrogen (secondary N) is 1. The van der Waals surface area contributed by atoms with Gasteiger partial charge in [-0.15, -0.1) is 0 Å². The van der Waals surface area contributed by atoms with Crippen molar-refractivity contribution in [2.24, 2.45) is 5.92 Å². The topological polar surface area (TPSA) is 64.0 Å². The summed E-state index contributed by atoms with van der Waals surface area (Å²) in [5.74, 6) is 0.0419. The summed E-state index contributed by atoms with van der Waals surface area (Å²) >= 11 is 0. The van der Waals surface area contributed by atoms with Crippen molar-refractivity contribution >= 4 is 11.7 Å². The van der Waals surface area contributed by atoms with Gasteiger partial charge in [-0.25, -0.2) is 4.79 Å². The molecule has 94 valence electrons. The van der Waals surface area contributed by atoms with Crippen LogP contribution in [0.1, 0.15) is 40.2 Å². The van der Waals surface area contributed by atoms with E-state index in [2.05, 4.69) is 10.3 Å². The van der Waals surface area contributed by atoms with E-state index in [1.807, 2.05) is 13.8 Å². The number of rotatable bonds is 4. The second-order valence-corrected chi connectivity index (χ2v) is 4.40. The Morgan fingerprint density at radius 3 is 2.59 bits per heavy atom. The van der Waals surface area contributed by atoms with E-state index in [0.717, 1.165) is 6.42 Å². The van der Waals surface area contributed by atoms with Crippen molar-refractivity contribution in [3.05, 3.63) is 22.7 Å². The molecule has 1 unspecified atom stereocenters. The summed E-state index contributed by atoms with van der Waals surface area (Å²) < 4.78 is 1.56. The molecule has 1 aromatic rings. The number of amides is 1. The van der Waals surface area contributed by atoms with Crippen LogP contribution in [0.2, 0.25) is 0 Å². The SMILES string of the molecule is CCC(C)n1ccc(NC(=O)C(C)C)nc1=O. The van der Waals surface area contributed by atoms with Crippen LogP contribution in [0, 0.1) is 5.92 Å². The molecule has 1 amide bonds. The van der Waals surface area contributed by atoms with Gasteiger partial charge in [0.05, 0.1) is 0 Å². The number of carbonyl (C=O) groups excluding carboxylic acids is 1. The van der Waals surface area contributed by atoms with Crippen LogP contribution < -0.4 is 11.0 Å². The number of carbonyl (C=O) groups is 1. The molecule has 1 atom stereocenters. The Kier molecular flexibility index (Phi) is 4.43. The predicted molar refractivity (Wildman–Crippen MR) is 67.0 cm³/mol. The first-order valence-corrected chi connectivity index (χ1v) is 5.85. The van der Waals surface area contributed by atoms with Crippen molar-refractivity contribution in [2.45, 2.75) is 40.2 Å². The maximum absolute atomic E-state index is 11.7. The highest BCUT2D eigenvalue weighted by Crippen LogP contribution is 2.08. The summed E-state index contributed by atoms with van der Waals surface area (Å²) in [6.45, 7) is 7.53. The molecule has 0 aliphatic heterocycles. The maximum atomic E-state index is 11.7. The van der Waals surface area contributed by atoms with Gasteiger partial charge in [-0.05, 0) is 19.4 Å². The van der Waals surface area contributed by atoms with Gasteiger partial charge < -0.3 is 5.32 Å². The number of anilines is 1. The molecule has 5 nitrogen and oxygen atoms in total. The minimum atomic E-state index is -0.332. The van der Waals surface area contributed by atoms with Gasteiger partial charge in [0.15, 0.2) is 0 Å². The highest BCUT2D eigenvalue weighted by atomic mass is 16.2. The van der Waals surface area contributed by atoms with E-state index in [1.54, 1.807) is 30.7 Å². The number of nitrogens with zero attached hydrogens (tertiary/aromatic N) is 2. The molecule has 0 spiro atoms. The first-order chi connectivity index (χ1) is 7.95. The lowest BCUT2D eigenvalue weighted by Gasteiger charge is -2.13. The van der Waals surface area contributed by atoms with Crippen molar-refractivity contribution in [3.63, 3.8) is 0 Å². The van der Waals surface area contributed by atoms with Gasteiger partial charge >= 0.3 is 5.69 Å². The molecule has 0 aliphatic carbocycles. The summed E-state index contributed by atoms with van der Waals surface area (Å²) in [6.07, 6.45) is 2.53. The van der Waals surface area contributed by atoms with E-state index in [-0.39, 0.29) is 23.6 Å². The maximum Gasteiger partial charge on any atom is 0.349 e. The van der Waals surface area contributed by atoms with Gasteiger partial charge in [-0.2, -0.15) is 4.98 Å². The molecule has 0 aliphatic rings. The summed E-state index contributed by atoms with van der Waals surface area (Å²) in [4.78, 5) is 27.0. The molecule has 1 rings (SSSR count). The zero-order valence-electron chi connectivity index (χ0n) is 10.7. The van der Waals surface area contributed by atoms with Crippen LogP contribution in [-0.2, 0) is 4.79 Å². The minimum absolute atomic E-state index is 0.116. The molecule has 0 radical (unpaired) electrons. The molecule has 0 saturated carbocycles. The Bertz CT molecular complexity index is 451. The first kappa shape index (κ1) is 13.4. The van der Waals surface area contributed by atoms with Crippen LogP contribution in [0.3, 0.4) is 0 Å². The van der Waals surface area contributed by atoms with Crippen molar-refractivity contribution in [1.82, 2.24) is 9.55 Å². The van der Waals surface area contributed by atoms with Crippen LogP contribution in [0.5, 0.6) is 0 Å². The molecule has 1 aromatic heterocycles. The average molecular weight is 237 g/mol. The van der Waals surface area contributed by atoms with Crippen LogP contribution >= 0.6 is 0 Å². The third kappa shape index (κ3) is 3.41. The third-order valence-corrected chi connectivity index (χ3v) is 2.67. The van der Waals surface area contributed by atoms with E-state index in [1.165, 1.54) is 0 Å². The van der Waals surface area contributed by atoms with Crippen LogP contribution in [0.25, 0.3) is 0 Å². The zero-order chi connectivity index (χ0) is 13.0. The molecular weight excluding hydrogens is 218 g/mol. The first-order valence-electron chi connectivity index (χ1n) is 5.85. The molecular formula is C12H19N3O2. The lowest BCUT2D eigenvalue weighted by molar-refractivity contribution is -0.118. The standard InChI is InChI=1S/C12H19N3O2/c1-5-9(4)15-7-6-10(14-12(15)17)13-11(16)8(2)3/h6-9H,5H2,1-4H3,(H,13,14,16,17). The number of aromatic nitrogens is 2. The van der Waals surface area contributed by atoms with Crippen LogP contribution in [0.4, 0.5) is 5.82 Å². The highest BCUT2D eigenvalue weighted by molar-refractivity contribution is 5.90. The third-order valence-electron chi connectivity index (χ3n) is 2.67. The Labute approximate surface area is 101 Å². The van der Waals surface area contributed by atoms with Gasteiger partial charge in [0.1, 0.15) is 5.82 Å². The minimum Gasteiger partial charge on any atom is -0.310 e. The van der Waals surface area contributed by atoms with Crippen molar-refractivity contribution in [3.8, 4) is 0 Å². The van der Waals surface area contributed by atoms with E-state index in [0.29, 0.717) is 5.82 Å². The summed E-state index contributed by atoms with van der Waals surface area (Å²) in [6, 6.07) is 1.76. The van der Waals surface area contributed by atoms with Gasteiger partial charge in [-0.1, -0.05) is 20.8 Å². The Morgan fingerprint density at radius 1 is 1.47 bits per heavy atom. The smallest absolute Gasteiger partial charge is 0.310 e. The molecule has 1 N–H and O–H groups in total. The summed E-state index contributed by atoms with van der Waals surface area (Å²) in [7, 11) is 0. The fourth-order valence-electron chi connectivity index (χ4n) is 1.29. The Hall–Kier alpha value is -1.65. The molecule has 0 bridgehead atoms. The van der Waals surface area contributed by atoms with Crippen molar-refractivity contribution < 1.29 is 4.79 Å². The lowest BCUT2D eigenvalue weighted by Crippen LogP contribution is -2.27. The normalized spacial score (nSPS) is 12.5. The van der Waals surface area contributed by atoms with Crippen LogP contribution in [-0.4, -0.2) is 15.5 Å². The Balaban J connectivity index is 2.90. The summed E-state index contributed by atoms with van der Waals surface area (Å²) in [5.41, 5.74) is -0.332. The lowest BCUT2D eigenvalue weighted by atomic mass is 10.2. The van der Waals surface area contributed by atoms with E-state index in [4.69, 9.17) is 0 Å². The fourth-order valence-corrected chi connectivity index (χ4v) is 1.29.